The average molecular weight is 379 g/mol. The molecule has 2 heterocycles. The Kier molecular flexibility index (Phi) is 3.60. The zero-order chi connectivity index (χ0) is 14.4. The summed E-state index contributed by atoms with van der Waals surface area (Å²) in [5.41, 5.74) is -0.303. The Hall–Kier alpha value is -0.920. The Balaban J connectivity index is 2.41. The summed E-state index contributed by atoms with van der Waals surface area (Å²) in [4.78, 5) is 15.4. The first kappa shape index (κ1) is 14.0. The van der Waals surface area contributed by atoms with Crippen LogP contribution in [0.2, 0.25) is 5.02 Å². The highest BCUT2D eigenvalue weighted by molar-refractivity contribution is 9.10. The highest BCUT2D eigenvalue weighted by Crippen LogP contribution is 2.28. The van der Waals surface area contributed by atoms with Gasteiger partial charge in [0.25, 0.3) is 5.56 Å². The summed E-state index contributed by atoms with van der Waals surface area (Å²) in [5, 5.41) is 2.03. The number of halogens is 3. The Morgan fingerprint density at radius 3 is 2.70 bits per heavy atom. The summed E-state index contributed by atoms with van der Waals surface area (Å²) >= 11 is 14.2. The molecule has 4 nitrogen and oxygen atoms in total. The maximum absolute atomic E-state index is 14.1. The van der Waals surface area contributed by atoms with Gasteiger partial charge in [-0.15, -0.1) is 0 Å². The van der Waals surface area contributed by atoms with E-state index in [9.17, 15) is 9.18 Å². The minimum atomic E-state index is -0.665. The lowest BCUT2D eigenvalue weighted by Gasteiger charge is -2.20. The maximum atomic E-state index is 14.1. The maximum Gasteiger partial charge on any atom is 0.282 e. The van der Waals surface area contributed by atoms with Crippen molar-refractivity contribution >= 4 is 50.7 Å². The van der Waals surface area contributed by atoms with Gasteiger partial charge in [0.05, 0.1) is 15.9 Å². The van der Waals surface area contributed by atoms with Crippen molar-refractivity contribution in [1.82, 2.24) is 9.66 Å². The molecule has 1 aromatic carbocycles. The van der Waals surface area contributed by atoms with E-state index in [4.69, 9.17) is 23.8 Å². The van der Waals surface area contributed by atoms with E-state index < -0.39 is 5.82 Å². The van der Waals surface area contributed by atoms with Crippen molar-refractivity contribution in [3.63, 3.8) is 0 Å². The van der Waals surface area contributed by atoms with Crippen molar-refractivity contribution in [1.29, 1.82) is 0 Å². The van der Waals surface area contributed by atoms with Gasteiger partial charge in [0.1, 0.15) is 0 Å². The summed E-state index contributed by atoms with van der Waals surface area (Å²) in [6.07, 6.45) is 2.02. The van der Waals surface area contributed by atoms with E-state index in [1.54, 1.807) is 0 Å². The van der Waals surface area contributed by atoms with E-state index in [-0.39, 0.29) is 26.3 Å². The molecular formula is C12H10BrClFN3OS. The number of rotatable bonds is 1. The van der Waals surface area contributed by atoms with Crippen LogP contribution in [0.3, 0.4) is 0 Å². The average Bonchev–Trinajstić information content (AvgIpc) is 2.89. The first-order valence-electron chi connectivity index (χ1n) is 6.08. The quantitative estimate of drug-likeness (QED) is 0.611. The number of hydrogen-bond acceptors (Lipinski definition) is 3. The van der Waals surface area contributed by atoms with Gasteiger partial charge in [0.2, 0.25) is 0 Å². The molecule has 0 saturated carbocycles. The van der Waals surface area contributed by atoms with Gasteiger partial charge in [-0.25, -0.2) is 4.39 Å². The van der Waals surface area contributed by atoms with Crippen LogP contribution in [0.25, 0.3) is 10.9 Å². The standard InChI is InChI=1S/C12H10BrClFN3OS/c13-6-5-7(14)9(15)10-8(6)11(19)18(12(20)16-10)17-3-1-2-4-17/h5H,1-4H2,(H,16,20). The van der Waals surface area contributed by atoms with Crippen LogP contribution >= 0.6 is 39.7 Å². The third-order valence-electron chi connectivity index (χ3n) is 3.37. The van der Waals surface area contributed by atoms with Gasteiger partial charge in [-0.3, -0.25) is 4.79 Å². The topological polar surface area (TPSA) is 41.0 Å². The Bertz CT molecular complexity index is 813. The van der Waals surface area contributed by atoms with Crippen LogP contribution in [-0.4, -0.2) is 22.7 Å². The number of aromatic amines is 1. The summed E-state index contributed by atoms with van der Waals surface area (Å²) in [5.74, 6) is -0.665. The highest BCUT2D eigenvalue weighted by Gasteiger charge is 2.20. The van der Waals surface area contributed by atoms with Crippen LogP contribution < -0.4 is 10.6 Å². The predicted molar refractivity (Wildman–Crippen MR) is 83.2 cm³/mol. The second-order valence-corrected chi connectivity index (χ2v) is 6.26. The number of benzene rings is 1. The summed E-state index contributed by atoms with van der Waals surface area (Å²) < 4.78 is 16.1. The molecule has 1 aromatic heterocycles. The Morgan fingerprint density at radius 1 is 1.40 bits per heavy atom. The molecule has 8 heteroatoms. The van der Waals surface area contributed by atoms with Crippen LogP contribution in [0.5, 0.6) is 0 Å². The molecule has 20 heavy (non-hydrogen) atoms. The molecule has 0 amide bonds. The van der Waals surface area contributed by atoms with Gasteiger partial charge in [-0.05, 0) is 47.1 Å². The predicted octanol–water partition coefficient (Wildman–Crippen LogP) is 3.35. The fourth-order valence-corrected chi connectivity index (χ4v) is 3.67. The molecule has 0 aliphatic carbocycles. The number of nitrogens with zero attached hydrogens (tertiary/aromatic N) is 2. The van der Waals surface area contributed by atoms with Gasteiger partial charge < -0.3 is 9.99 Å². The zero-order valence-electron chi connectivity index (χ0n) is 10.3. The molecule has 0 spiro atoms. The normalized spacial score (nSPS) is 15.2. The van der Waals surface area contributed by atoms with E-state index in [1.165, 1.54) is 10.7 Å². The summed E-state index contributed by atoms with van der Waals surface area (Å²) in [6, 6.07) is 1.38. The molecule has 0 radical (unpaired) electrons. The van der Waals surface area contributed by atoms with Gasteiger partial charge >= 0.3 is 0 Å². The fourth-order valence-electron chi connectivity index (χ4n) is 2.44. The zero-order valence-corrected chi connectivity index (χ0v) is 13.4. The third kappa shape index (κ3) is 2.08. The number of nitrogens with one attached hydrogen (secondary N) is 1. The van der Waals surface area contributed by atoms with Crippen molar-refractivity contribution in [2.75, 3.05) is 18.1 Å². The lowest BCUT2D eigenvalue weighted by atomic mass is 10.2. The molecule has 1 fully saturated rings. The number of aromatic nitrogens is 2. The van der Waals surface area contributed by atoms with Crippen molar-refractivity contribution in [2.45, 2.75) is 12.8 Å². The van der Waals surface area contributed by atoms with Crippen molar-refractivity contribution in [3.8, 4) is 0 Å². The third-order valence-corrected chi connectivity index (χ3v) is 4.54. The Labute approximate surface area is 132 Å². The molecular weight excluding hydrogens is 369 g/mol. The summed E-state index contributed by atoms with van der Waals surface area (Å²) in [7, 11) is 0. The van der Waals surface area contributed by atoms with E-state index >= 15 is 0 Å². The monoisotopic (exact) mass is 377 g/mol. The summed E-state index contributed by atoms with van der Waals surface area (Å²) in [6.45, 7) is 1.52. The smallest absolute Gasteiger partial charge is 0.282 e. The molecule has 1 saturated heterocycles. The van der Waals surface area contributed by atoms with Gasteiger partial charge in [0, 0.05) is 17.6 Å². The first-order valence-corrected chi connectivity index (χ1v) is 7.66. The van der Waals surface area contributed by atoms with E-state index in [2.05, 4.69) is 20.9 Å². The van der Waals surface area contributed by atoms with Crippen LogP contribution in [0.4, 0.5) is 4.39 Å². The van der Waals surface area contributed by atoms with Crippen LogP contribution in [0.1, 0.15) is 12.8 Å². The SMILES string of the molecule is O=c1c2c(Br)cc(Cl)c(F)c2[nH]c(=S)n1N1CCCC1. The van der Waals surface area contributed by atoms with Crippen molar-refractivity contribution < 1.29 is 4.39 Å². The largest absolute Gasteiger partial charge is 0.328 e. The van der Waals surface area contributed by atoms with Crippen LogP contribution in [0.15, 0.2) is 15.3 Å². The number of hydrogen-bond donors (Lipinski definition) is 1. The lowest BCUT2D eigenvalue weighted by molar-refractivity contribution is 0.613. The molecule has 1 aliphatic heterocycles. The molecule has 0 bridgehead atoms. The van der Waals surface area contributed by atoms with E-state index in [0.717, 1.165) is 25.9 Å². The molecule has 0 atom stereocenters. The Morgan fingerprint density at radius 2 is 2.05 bits per heavy atom. The molecule has 1 aliphatic rings. The molecule has 0 unspecified atom stereocenters. The second-order valence-electron chi connectivity index (χ2n) is 4.61. The lowest BCUT2D eigenvalue weighted by Crippen LogP contribution is -2.41. The van der Waals surface area contributed by atoms with Crippen LogP contribution in [-0.2, 0) is 0 Å². The molecule has 106 valence electrons. The van der Waals surface area contributed by atoms with Gasteiger partial charge in [0.15, 0.2) is 10.6 Å². The minimum Gasteiger partial charge on any atom is -0.328 e. The number of H-pyrrole nitrogens is 1. The highest BCUT2D eigenvalue weighted by atomic mass is 79.9. The van der Waals surface area contributed by atoms with Crippen molar-refractivity contribution in [2.24, 2.45) is 0 Å². The van der Waals surface area contributed by atoms with E-state index in [1.807, 2.05) is 5.01 Å². The van der Waals surface area contributed by atoms with Gasteiger partial charge in [-0.2, -0.15) is 4.68 Å². The number of fused-ring (bicyclic) bond motifs is 1. The van der Waals surface area contributed by atoms with E-state index in [0.29, 0.717) is 4.47 Å². The first-order chi connectivity index (χ1) is 9.50. The second kappa shape index (κ2) is 5.13. The molecule has 2 aromatic rings. The molecule has 1 N–H and O–H groups in total. The fraction of sp³-hybridized carbons (Fsp3) is 0.333. The van der Waals surface area contributed by atoms with Crippen molar-refractivity contribution in [3.05, 3.63) is 36.5 Å². The minimum absolute atomic E-state index is 0.0369. The van der Waals surface area contributed by atoms with Gasteiger partial charge in [-0.1, -0.05) is 11.6 Å². The molecule has 3 rings (SSSR count). The van der Waals surface area contributed by atoms with Crippen LogP contribution in [0, 0.1) is 10.6 Å².